The van der Waals surface area contributed by atoms with Crippen molar-refractivity contribution in [3.63, 3.8) is 0 Å². The molecule has 3 rings (SSSR count). The van der Waals surface area contributed by atoms with Crippen LogP contribution in [0.2, 0.25) is 0 Å². The van der Waals surface area contributed by atoms with Crippen molar-refractivity contribution < 1.29 is 4.92 Å². The van der Waals surface area contributed by atoms with Gasteiger partial charge in [-0.05, 0) is 56.2 Å². The molecule has 0 saturated carbocycles. The smallest absolute Gasteiger partial charge is 0.334 e. The first-order valence-electron chi connectivity index (χ1n) is 7.98. The van der Waals surface area contributed by atoms with Crippen molar-refractivity contribution in [3.05, 3.63) is 69.7 Å². The van der Waals surface area contributed by atoms with Crippen LogP contribution in [0.1, 0.15) is 16.8 Å². The van der Waals surface area contributed by atoms with E-state index >= 15 is 0 Å². The highest BCUT2D eigenvalue weighted by atomic mass is 16.6. The lowest BCUT2D eigenvalue weighted by Gasteiger charge is -2.11. The van der Waals surface area contributed by atoms with E-state index in [-0.39, 0.29) is 17.3 Å². The molecule has 0 aliphatic rings. The van der Waals surface area contributed by atoms with Gasteiger partial charge >= 0.3 is 5.69 Å². The van der Waals surface area contributed by atoms with Gasteiger partial charge in [0.25, 0.3) is 0 Å². The second-order valence-corrected chi connectivity index (χ2v) is 5.97. The van der Waals surface area contributed by atoms with Crippen LogP contribution in [0.4, 0.5) is 28.8 Å². The number of nitrogens with zero attached hydrogens (tertiary/aromatic N) is 4. The number of aryl methyl sites for hydroxylation is 3. The SMILES string of the molecule is Cc1cc(C)cc(Nc2ncnc(Nc3cccc(C)n3)c2[N+](=O)[O-])c1. The zero-order valence-electron chi connectivity index (χ0n) is 14.6. The number of nitrogens with one attached hydrogen (secondary N) is 2. The Kier molecular flexibility index (Phi) is 4.74. The summed E-state index contributed by atoms with van der Waals surface area (Å²) < 4.78 is 0. The number of rotatable bonds is 5. The normalized spacial score (nSPS) is 10.4. The maximum absolute atomic E-state index is 11.6. The highest BCUT2D eigenvalue weighted by Gasteiger charge is 2.23. The van der Waals surface area contributed by atoms with Gasteiger partial charge in [-0.2, -0.15) is 0 Å². The maximum Gasteiger partial charge on any atom is 0.353 e. The minimum absolute atomic E-state index is 0.0787. The second kappa shape index (κ2) is 7.14. The van der Waals surface area contributed by atoms with Gasteiger partial charge in [0.2, 0.25) is 11.6 Å². The predicted molar refractivity (Wildman–Crippen MR) is 100 cm³/mol. The topological polar surface area (TPSA) is 106 Å². The lowest BCUT2D eigenvalue weighted by Crippen LogP contribution is -2.06. The first-order chi connectivity index (χ1) is 12.4. The molecule has 0 radical (unpaired) electrons. The molecule has 0 saturated heterocycles. The number of anilines is 4. The third-order valence-electron chi connectivity index (χ3n) is 3.62. The molecule has 8 nitrogen and oxygen atoms in total. The van der Waals surface area contributed by atoms with Crippen LogP contribution in [0, 0.1) is 30.9 Å². The van der Waals surface area contributed by atoms with E-state index in [1.54, 1.807) is 6.07 Å². The molecular formula is C18H18N6O2. The van der Waals surface area contributed by atoms with E-state index in [1.807, 2.05) is 51.1 Å². The van der Waals surface area contributed by atoms with Gasteiger partial charge in [-0.15, -0.1) is 0 Å². The number of aromatic nitrogens is 3. The largest absolute Gasteiger partial charge is 0.353 e. The van der Waals surface area contributed by atoms with Crippen LogP contribution in [-0.2, 0) is 0 Å². The van der Waals surface area contributed by atoms with E-state index in [9.17, 15) is 10.1 Å². The van der Waals surface area contributed by atoms with Crippen LogP contribution in [0.3, 0.4) is 0 Å². The highest BCUT2D eigenvalue weighted by Crippen LogP contribution is 2.32. The van der Waals surface area contributed by atoms with Crippen molar-refractivity contribution in [2.75, 3.05) is 10.6 Å². The average Bonchev–Trinajstić information content (AvgIpc) is 2.53. The predicted octanol–water partition coefficient (Wildman–Crippen LogP) is 4.19. The molecule has 1 aromatic carbocycles. The summed E-state index contributed by atoms with van der Waals surface area (Å²) in [5, 5.41) is 17.6. The van der Waals surface area contributed by atoms with E-state index in [0.29, 0.717) is 5.82 Å². The van der Waals surface area contributed by atoms with Gasteiger partial charge in [0.05, 0.1) is 4.92 Å². The van der Waals surface area contributed by atoms with Crippen molar-refractivity contribution in [2.45, 2.75) is 20.8 Å². The molecule has 8 heteroatoms. The van der Waals surface area contributed by atoms with Crippen molar-refractivity contribution in [3.8, 4) is 0 Å². The molecule has 132 valence electrons. The number of hydrogen-bond acceptors (Lipinski definition) is 7. The third kappa shape index (κ3) is 3.92. The van der Waals surface area contributed by atoms with Crippen LogP contribution >= 0.6 is 0 Å². The summed E-state index contributed by atoms with van der Waals surface area (Å²) in [5.41, 5.74) is 3.37. The summed E-state index contributed by atoms with van der Waals surface area (Å²) in [6, 6.07) is 11.2. The van der Waals surface area contributed by atoms with Crippen LogP contribution in [0.15, 0.2) is 42.7 Å². The van der Waals surface area contributed by atoms with Crippen LogP contribution in [0.5, 0.6) is 0 Å². The molecule has 2 N–H and O–H groups in total. The molecule has 0 atom stereocenters. The zero-order chi connectivity index (χ0) is 18.7. The third-order valence-corrected chi connectivity index (χ3v) is 3.62. The van der Waals surface area contributed by atoms with Crippen LogP contribution in [-0.4, -0.2) is 19.9 Å². The molecular weight excluding hydrogens is 332 g/mol. The Balaban J connectivity index is 1.99. The van der Waals surface area contributed by atoms with Gasteiger partial charge in [-0.1, -0.05) is 12.1 Å². The lowest BCUT2D eigenvalue weighted by atomic mass is 10.1. The second-order valence-electron chi connectivity index (χ2n) is 5.97. The highest BCUT2D eigenvalue weighted by molar-refractivity contribution is 5.76. The monoisotopic (exact) mass is 350 g/mol. The van der Waals surface area contributed by atoms with Gasteiger partial charge in [0, 0.05) is 11.4 Å². The molecule has 2 heterocycles. The summed E-state index contributed by atoms with van der Waals surface area (Å²) in [6.45, 7) is 5.76. The molecule has 0 aliphatic heterocycles. The van der Waals surface area contributed by atoms with Crippen LogP contribution in [0.25, 0.3) is 0 Å². The first kappa shape index (κ1) is 17.3. The number of nitro groups is 1. The van der Waals surface area contributed by atoms with Gasteiger partial charge in [-0.3, -0.25) is 10.1 Å². The molecule has 0 unspecified atom stereocenters. The Bertz CT molecular complexity index is 953. The van der Waals surface area contributed by atoms with Gasteiger partial charge in [0.15, 0.2) is 0 Å². The minimum Gasteiger partial charge on any atom is -0.334 e. The standard InChI is InChI=1S/C18H18N6O2/c1-11-7-12(2)9-14(8-11)22-17-16(24(25)26)18(20-10-19-17)23-15-6-4-5-13(3)21-15/h4-10H,1-3H3,(H2,19,20,21,22,23). The fourth-order valence-corrected chi connectivity index (χ4v) is 2.65. The van der Waals surface area contributed by atoms with E-state index in [1.165, 1.54) is 6.33 Å². The van der Waals surface area contributed by atoms with E-state index in [2.05, 4.69) is 25.6 Å². The quantitative estimate of drug-likeness (QED) is 0.525. The number of benzene rings is 1. The summed E-state index contributed by atoms with van der Waals surface area (Å²) in [4.78, 5) is 23.5. The van der Waals surface area contributed by atoms with Crippen molar-refractivity contribution in [1.82, 2.24) is 15.0 Å². The number of pyridine rings is 1. The molecule has 0 amide bonds. The van der Waals surface area contributed by atoms with E-state index in [0.717, 1.165) is 22.5 Å². The van der Waals surface area contributed by atoms with E-state index in [4.69, 9.17) is 0 Å². The first-order valence-corrected chi connectivity index (χ1v) is 7.98. The fourth-order valence-electron chi connectivity index (χ4n) is 2.65. The summed E-state index contributed by atoms with van der Waals surface area (Å²) >= 11 is 0. The van der Waals surface area contributed by atoms with Gasteiger partial charge in [-0.25, -0.2) is 15.0 Å². The van der Waals surface area contributed by atoms with Gasteiger partial charge < -0.3 is 10.6 Å². The molecule has 0 fully saturated rings. The van der Waals surface area contributed by atoms with Crippen molar-refractivity contribution in [1.29, 1.82) is 0 Å². The van der Waals surface area contributed by atoms with Crippen LogP contribution < -0.4 is 10.6 Å². The Labute approximate surface area is 150 Å². The minimum atomic E-state index is -0.511. The summed E-state index contributed by atoms with van der Waals surface area (Å²) in [6.07, 6.45) is 1.27. The summed E-state index contributed by atoms with van der Waals surface area (Å²) in [7, 11) is 0. The Morgan fingerprint density at radius 1 is 0.962 bits per heavy atom. The molecule has 0 aliphatic carbocycles. The number of hydrogen-bond donors (Lipinski definition) is 2. The maximum atomic E-state index is 11.6. The summed E-state index contributed by atoms with van der Waals surface area (Å²) in [5.74, 6) is 0.671. The molecule has 3 aromatic rings. The van der Waals surface area contributed by atoms with Crippen molar-refractivity contribution >= 4 is 28.8 Å². The Hall–Kier alpha value is -3.55. The lowest BCUT2D eigenvalue weighted by molar-refractivity contribution is -0.383. The Morgan fingerprint density at radius 3 is 2.23 bits per heavy atom. The molecule has 0 spiro atoms. The fraction of sp³-hybridized carbons (Fsp3) is 0.167. The molecule has 26 heavy (non-hydrogen) atoms. The van der Waals surface area contributed by atoms with Gasteiger partial charge in [0.1, 0.15) is 12.1 Å². The van der Waals surface area contributed by atoms with Crippen molar-refractivity contribution in [2.24, 2.45) is 0 Å². The average molecular weight is 350 g/mol. The molecule has 0 bridgehead atoms. The zero-order valence-corrected chi connectivity index (χ0v) is 14.6. The Morgan fingerprint density at radius 2 is 1.62 bits per heavy atom. The van der Waals surface area contributed by atoms with E-state index < -0.39 is 4.92 Å². The molecule has 2 aromatic heterocycles.